The standard InChI is InChI=1S/C14H27N3O2S/c1-6-7-8-17(5)20(18,19)14-9-13(16(4)11-14)10-15-12(2)3/h9,11-12,15H,6-8,10H2,1-5H3. The van der Waals surface area contributed by atoms with Gasteiger partial charge in [-0.3, -0.25) is 0 Å². The van der Waals surface area contributed by atoms with Gasteiger partial charge in [0.15, 0.2) is 0 Å². The van der Waals surface area contributed by atoms with Crippen LogP contribution in [0, 0.1) is 0 Å². The molecule has 0 bridgehead atoms. The van der Waals surface area contributed by atoms with Crippen molar-refractivity contribution < 1.29 is 8.42 Å². The first-order chi connectivity index (χ1) is 9.28. The molecule has 0 saturated heterocycles. The molecule has 0 saturated carbocycles. The van der Waals surface area contributed by atoms with E-state index in [9.17, 15) is 8.42 Å². The second-order valence-corrected chi connectivity index (χ2v) is 7.54. The molecule has 1 aromatic rings. The van der Waals surface area contributed by atoms with E-state index in [-0.39, 0.29) is 0 Å². The first-order valence-corrected chi connectivity index (χ1v) is 8.58. The molecule has 0 amide bonds. The molecule has 0 radical (unpaired) electrons. The molecule has 6 heteroatoms. The summed E-state index contributed by atoms with van der Waals surface area (Å²) in [5.41, 5.74) is 0.973. The Balaban J connectivity index is 2.88. The molecule has 0 aliphatic rings. The SMILES string of the molecule is CCCCN(C)S(=O)(=O)c1cc(CNC(C)C)n(C)c1. The fourth-order valence-corrected chi connectivity index (χ4v) is 3.19. The Morgan fingerprint density at radius 2 is 2.05 bits per heavy atom. The van der Waals surface area contributed by atoms with Crippen molar-refractivity contribution >= 4 is 10.0 Å². The van der Waals surface area contributed by atoms with Gasteiger partial charge in [-0.15, -0.1) is 0 Å². The molecule has 0 fully saturated rings. The third-order valence-corrected chi connectivity index (χ3v) is 5.13. The summed E-state index contributed by atoms with van der Waals surface area (Å²) in [6.45, 7) is 7.42. The molecule has 20 heavy (non-hydrogen) atoms. The molecule has 1 heterocycles. The molecule has 0 atom stereocenters. The maximum Gasteiger partial charge on any atom is 0.244 e. The Labute approximate surface area is 123 Å². The number of hydrogen-bond donors (Lipinski definition) is 1. The molecule has 0 unspecified atom stereocenters. The van der Waals surface area contributed by atoms with Crippen LogP contribution in [-0.2, 0) is 23.6 Å². The van der Waals surface area contributed by atoms with Gasteiger partial charge in [-0.2, -0.15) is 0 Å². The third-order valence-electron chi connectivity index (χ3n) is 3.31. The van der Waals surface area contributed by atoms with Crippen molar-refractivity contribution in [1.82, 2.24) is 14.2 Å². The van der Waals surface area contributed by atoms with Crippen molar-refractivity contribution in [1.29, 1.82) is 0 Å². The predicted molar refractivity (Wildman–Crippen MR) is 82.1 cm³/mol. The van der Waals surface area contributed by atoms with E-state index in [1.54, 1.807) is 19.3 Å². The molecule has 0 aromatic carbocycles. The van der Waals surface area contributed by atoms with Crippen molar-refractivity contribution in [3.63, 3.8) is 0 Å². The minimum Gasteiger partial charge on any atom is -0.352 e. The first-order valence-electron chi connectivity index (χ1n) is 7.14. The Morgan fingerprint density at radius 1 is 1.40 bits per heavy atom. The second-order valence-electron chi connectivity index (χ2n) is 5.49. The minimum atomic E-state index is -3.37. The van der Waals surface area contributed by atoms with E-state index in [0.717, 1.165) is 18.5 Å². The van der Waals surface area contributed by atoms with Gasteiger partial charge in [-0.05, 0) is 12.5 Å². The van der Waals surface area contributed by atoms with Crippen molar-refractivity contribution in [3.8, 4) is 0 Å². The van der Waals surface area contributed by atoms with Gasteiger partial charge >= 0.3 is 0 Å². The normalized spacial score (nSPS) is 12.6. The van der Waals surface area contributed by atoms with Gasteiger partial charge in [0.2, 0.25) is 10.0 Å². The molecular weight excluding hydrogens is 274 g/mol. The lowest BCUT2D eigenvalue weighted by Crippen LogP contribution is -2.27. The zero-order valence-electron chi connectivity index (χ0n) is 13.2. The quantitative estimate of drug-likeness (QED) is 0.798. The van der Waals surface area contributed by atoms with Gasteiger partial charge in [0.1, 0.15) is 4.90 Å². The van der Waals surface area contributed by atoms with E-state index < -0.39 is 10.0 Å². The summed E-state index contributed by atoms with van der Waals surface area (Å²) in [4.78, 5) is 0.374. The Kier molecular flexibility index (Phi) is 6.23. The number of aryl methyl sites for hydroxylation is 1. The second kappa shape index (κ2) is 7.24. The molecular formula is C14H27N3O2S. The highest BCUT2D eigenvalue weighted by Crippen LogP contribution is 2.18. The lowest BCUT2D eigenvalue weighted by Gasteiger charge is -2.15. The van der Waals surface area contributed by atoms with E-state index in [0.29, 0.717) is 24.0 Å². The molecule has 1 aromatic heterocycles. The van der Waals surface area contributed by atoms with Gasteiger partial charge in [0.25, 0.3) is 0 Å². The van der Waals surface area contributed by atoms with E-state index in [4.69, 9.17) is 0 Å². The van der Waals surface area contributed by atoms with Crippen LogP contribution in [0.25, 0.3) is 0 Å². The van der Waals surface area contributed by atoms with Crippen LogP contribution in [0.4, 0.5) is 0 Å². The molecule has 116 valence electrons. The highest BCUT2D eigenvalue weighted by Gasteiger charge is 2.22. The Hall–Kier alpha value is -0.850. The first kappa shape index (κ1) is 17.2. The summed E-state index contributed by atoms with van der Waals surface area (Å²) in [6.07, 6.45) is 3.55. The lowest BCUT2D eigenvalue weighted by atomic mass is 10.3. The van der Waals surface area contributed by atoms with Crippen LogP contribution in [-0.4, -0.2) is 36.9 Å². The van der Waals surface area contributed by atoms with Crippen LogP contribution in [0.1, 0.15) is 39.3 Å². The number of unbranched alkanes of at least 4 members (excludes halogenated alkanes) is 1. The maximum atomic E-state index is 12.4. The molecule has 0 spiro atoms. The van der Waals surface area contributed by atoms with Crippen LogP contribution < -0.4 is 5.32 Å². The number of hydrogen-bond acceptors (Lipinski definition) is 3. The van der Waals surface area contributed by atoms with Gasteiger partial charge < -0.3 is 9.88 Å². The van der Waals surface area contributed by atoms with Crippen molar-refractivity contribution in [2.75, 3.05) is 13.6 Å². The van der Waals surface area contributed by atoms with Crippen molar-refractivity contribution in [3.05, 3.63) is 18.0 Å². The lowest BCUT2D eigenvalue weighted by molar-refractivity contribution is 0.459. The highest BCUT2D eigenvalue weighted by molar-refractivity contribution is 7.89. The number of sulfonamides is 1. The molecule has 0 aliphatic heterocycles. The zero-order valence-corrected chi connectivity index (χ0v) is 14.0. The fraction of sp³-hybridized carbons (Fsp3) is 0.714. The third kappa shape index (κ3) is 4.33. The summed E-state index contributed by atoms with van der Waals surface area (Å²) in [5, 5.41) is 3.30. The summed E-state index contributed by atoms with van der Waals surface area (Å²) >= 11 is 0. The average Bonchev–Trinajstić information content (AvgIpc) is 2.75. The number of aromatic nitrogens is 1. The molecule has 0 aliphatic carbocycles. The van der Waals surface area contributed by atoms with E-state index in [2.05, 4.69) is 26.1 Å². The topological polar surface area (TPSA) is 54.3 Å². The van der Waals surface area contributed by atoms with E-state index >= 15 is 0 Å². The monoisotopic (exact) mass is 301 g/mol. The van der Waals surface area contributed by atoms with Crippen LogP contribution in [0.2, 0.25) is 0 Å². The van der Waals surface area contributed by atoms with Crippen LogP contribution in [0.15, 0.2) is 17.2 Å². The van der Waals surface area contributed by atoms with Gasteiger partial charge in [0, 0.05) is 45.1 Å². The van der Waals surface area contributed by atoms with Gasteiger partial charge in [-0.1, -0.05) is 27.2 Å². The largest absolute Gasteiger partial charge is 0.352 e. The highest BCUT2D eigenvalue weighted by atomic mass is 32.2. The summed E-state index contributed by atoms with van der Waals surface area (Å²) < 4.78 is 28.2. The average molecular weight is 301 g/mol. The van der Waals surface area contributed by atoms with Crippen molar-refractivity contribution in [2.45, 2.75) is 51.1 Å². The van der Waals surface area contributed by atoms with Crippen molar-refractivity contribution in [2.24, 2.45) is 7.05 Å². The van der Waals surface area contributed by atoms with Crippen LogP contribution in [0.3, 0.4) is 0 Å². The fourth-order valence-electron chi connectivity index (χ4n) is 1.88. The van der Waals surface area contributed by atoms with Crippen LogP contribution in [0.5, 0.6) is 0 Å². The summed E-state index contributed by atoms with van der Waals surface area (Å²) in [5.74, 6) is 0. The van der Waals surface area contributed by atoms with E-state index in [1.807, 2.05) is 11.6 Å². The maximum absolute atomic E-state index is 12.4. The number of nitrogens with one attached hydrogen (secondary N) is 1. The summed E-state index contributed by atoms with van der Waals surface area (Å²) in [6, 6.07) is 2.13. The Bertz CT molecular complexity index is 521. The molecule has 5 nitrogen and oxygen atoms in total. The minimum absolute atomic E-state index is 0.372. The molecule has 1 N–H and O–H groups in total. The molecule has 1 rings (SSSR count). The predicted octanol–water partition coefficient (Wildman–Crippen LogP) is 1.94. The van der Waals surface area contributed by atoms with E-state index in [1.165, 1.54) is 4.31 Å². The van der Waals surface area contributed by atoms with Gasteiger partial charge in [0.05, 0.1) is 0 Å². The smallest absolute Gasteiger partial charge is 0.244 e. The summed E-state index contributed by atoms with van der Waals surface area (Å²) in [7, 11) is 0.154. The zero-order chi connectivity index (χ0) is 15.3. The number of rotatable bonds is 8. The van der Waals surface area contributed by atoms with Gasteiger partial charge in [-0.25, -0.2) is 12.7 Å². The number of nitrogens with zero attached hydrogens (tertiary/aromatic N) is 2. The Morgan fingerprint density at radius 3 is 2.60 bits per heavy atom. The van der Waals surface area contributed by atoms with Crippen LogP contribution >= 0.6 is 0 Å².